The normalized spacial score (nSPS) is 17.9. The molecule has 0 saturated heterocycles. The van der Waals surface area contributed by atoms with Crippen molar-refractivity contribution >= 4 is 5.91 Å². The molecule has 5 heterocycles. The fraction of sp³-hybridized carbons (Fsp3) is 0.368. The number of alkyl halides is 3. The van der Waals surface area contributed by atoms with Crippen LogP contribution >= 0.6 is 0 Å². The van der Waals surface area contributed by atoms with Crippen LogP contribution in [0.3, 0.4) is 0 Å². The summed E-state index contributed by atoms with van der Waals surface area (Å²) in [4.78, 5) is 16.0. The second-order valence-corrected chi connectivity index (χ2v) is 7.21. The molecule has 0 radical (unpaired) electrons. The molecule has 3 aromatic heterocycles. The minimum atomic E-state index is -4.53. The maximum atomic E-state index is 13.0. The molecule has 1 unspecified atom stereocenters. The van der Waals surface area contributed by atoms with Gasteiger partial charge in [0.1, 0.15) is 12.3 Å². The van der Waals surface area contributed by atoms with Gasteiger partial charge in [0, 0.05) is 24.4 Å². The third-order valence-corrected chi connectivity index (χ3v) is 5.21. The number of carbonyl (C=O) groups is 1. The van der Waals surface area contributed by atoms with Crippen LogP contribution in [-0.4, -0.2) is 37.1 Å². The number of carbonyl (C=O) groups excluding carboxylic acids is 1. The van der Waals surface area contributed by atoms with Gasteiger partial charge in [-0.1, -0.05) is 0 Å². The molecule has 0 aromatic carbocycles. The van der Waals surface area contributed by atoms with Gasteiger partial charge in [-0.3, -0.25) is 14.5 Å². The molecule has 5 rings (SSSR count). The number of aryl methyl sites for hydroxylation is 1. The van der Waals surface area contributed by atoms with Gasteiger partial charge in [0.2, 0.25) is 5.88 Å². The lowest BCUT2D eigenvalue weighted by Gasteiger charge is -2.24. The van der Waals surface area contributed by atoms with Crippen LogP contribution in [0.25, 0.3) is 11.3 Å². The Morgan fingerprint density at radius 3 is 2.83 bits per heavy atom. The number of rotatable bonds is 3. The highest BCUT2D eigenvalue weighted by Crippen LogP contribution is 2.33. The highest BCUT2D eigenvalue weighted by molar-refractivity contribution is 5.92. The molecular formula is C19H17F3N6O2. The first kappa shape index (κ1) is 18.6. The zero-order valence-electron chi connectivity index (χ0n) is 15.7. The molecule has 156 valence electrons. The van der Waals surface area contributed by atoms with Crippen LogP contribution in [0.2, 0.25) is 0 Å². The van der Waals surface area contributed by atoms with Gasteiger partial charge in [0.15, 0.2) is 5.69 Å². The maximum Gasteiger partial charge on any atom is 0.433 e. The second-order valence-electron chi connectivity index (χ2n) is 7.21. The van der Waals surface area contributed by atoms with E-state index < -0.39 is 11.9 Å². The van der Waals surface area contributed by atoms with Gasteiger partial charge in [-0.2, -0.15) is 23.4 Å². The lowest BCUT2D eigenvalue weighted by Crippen LogP contribution is -2.33. The van der Waals surface area contributed by atoms with Crippen molar-refractivity contribution in [3.8, 4) is 17.1 Å². The molecule has 0 fully saturated rings. The van der Waals surface area contributed by atoms with Crippen LogP contribution in [0.4, 0.5) is 13.2 Å². The van der Waals surface area contributed by atoms with Gasteiger partial charge >= 0.3 is 6.18 Å². The van der Waals surface area contributed by atoms with Crippen molar-refractivity contribution < 1.29 is 22.7 Å². The summed E-state index contributed by atoms with van der Waals surface area (Å²) < 4.78 is 47.7. The fourth-order valence-electron chi connectivity index (χ4n) is 3.77. The molecular weight excluding hydrogens is 401 g/mol. The van der Waals surface area contributed by atoms with E-state index in [4.69, 9.17) is 4.74 Å². The molecule has 8 nitrogen and oxygen atoms in total. The second kappa shape index (κ2) is 6.85. The summed E-state index contributed by atoms with van der Waals surface area (Å²) in [6.45, 7) is 1.78. The van der Waals surface area contributed by atoms with Crippen molar-refractivity contribution in [3.63, 3.8) is 0 Å². The highest BCUT2D eigenvalue weighted by atomic mass is 19.4. The molecule has 11 heteroatoms. The molecule has 1 amide bonds. The molecule has 0 spiro atoms. The van der Waals surface area contributed by atoms with Gasteiger partial charge < -0.3 is 10.1 Å². The number of fused-ring (bicyclic) bond motifs is 2. The number of nitrogens with one attached hydrogen (secondary N) is 1. The van der Waals surface area contributed by atoms with Crippen molar-refractivity contribution in [1.29, 1.82) is 0 Å². The van der Waals surface area contributed by atoms with Crippen molar-refractivity contribution in [2.75, 3.05) is 6.61 Å². The van der Waals surface area contributed by atoms with Crippen molar-refractivity contribution in [1.82, 2.24) is 29.9 Å². The summed E-state index contributed by atoms with van der Waals surface area (Å²) in [6, 6.07) is 5.48. The summed E-state index contributed by atoms with van der Waals surface area (Å²) >= 11 is 0. The van der Waals surface area contributed by atoms with Crippen LogP contribution in [0, 0.1) is 0 Å². The Kier molecular flexibility index (Phi) is 4.26. The quantitative estimate of drug-likeness (QED) is 0.707. The number of ether oxygens (including phenoxy) is 1. The van der Waals surface area contributed by atoms with E-state index in [2.05, 4.69) is 20.5 Å². The summed E-state index contributed by atoms with van der Waals surface area (Å²) in [5.41, 5.74) is 0.787. The van der Waals surface area contributed by atoms with Crippen LogP contribution in [0.1, 0.15) is 40.8 Å². The molecule has 0 saturated carbocycles. The topological polar surface area (TPSA) is 86.9 Å². The van der Waals surface area contributed by atoms with E-state index in [0.717, 1.165) is 24.4 Å². The number of pyridine rings is 1. The molecule has 3 aromatic rings. The average molecular weight is 418 g/mol. The fourth-order valence-corrected chi connectivity index (χ4v) is 3.77. The number of amides is 1. The van der Waals surface area contributed by atoms with E-state index in [-0.39, 0.29) is 17.6 Å². The smallest absolute Gasteiger partial charge is 0.433 e. The first-order valence-corrected chi connectivity index (χ1v) is 9.51. The number of hydrogen-bond donors (Lipinski definition) is 1. The molecule has 1 atom stereocenters. The Bertz CT molecular complexity index is 1100. The molecule has 0 bridgehead atoms. The predicted octanol–water partition coefficient (Wildman–Crippen LogP) is 2.82. The van der Waals surface area contributed by atoms with Crippen LogP contribution in [-0.2, 0) is 19.3 Å². The number of nitrogens with zero attached hydrogens (tertiary/aromatic N) is 5. The Morgan fingerprint density at radius 1 is 1.17 bits per heavy atom. The minimum Gasteiger partial charge on any atom is -0.476 e. The van der Waals surface area contributed by atoms with Gasteiger partial charge in [0.05, 0.1) is 24.0 Å². The molecule has 2 aliphatic heterocycles. The van der Waals surface area contributed by atoms with Crippen molar-refractivity contribution in [2.24, 2.45) is 0 Å². The van der Waals surface area contributed by atoms with Crippen LogP contribution in [0.5, 0.6) is 5.88 Å². The Morgan fingerprint density at radius 2 is 2.03 bits per heavy atom. The predicted molar refractivity (Wildman–Crippen MR) is 97.6 cm³/mol. The third-order valence-electron chi connectivity index (χ3n) is 5.21. The number of hydrogen-bond acceptors (Lipinski definition) is 5. The lowest BCUT2D eigenvalue weighted by atomic mass is 10.0. The third kappa shape index (κ3) is 3.29. The van der Waals surface area contributed by atoms with Gasteiger partial charge in [-0.15, -0.1) is 0 Å². The molecule has 30 heavy (non-hydrogen) atoms. The number of aromatic nitrogens is 5. The zero-order valence-corrected chi connectivity index (χ0v) is 15.7. The van der Waals surface area contributed by atoms with E-state index >= 15 is 0 Å². The Hall–Kier alpha value is -3.37. The van der Waals surface area contributed by atoms with Crippen molar-refractivity contribution in [3.05, 3.63) is 47.5 Å². The largest absolute Gasteiger partial charge is 0.476 e. The Labute approximate surface area is 168 Å². The minimum absolute atomic E-state index is 0.269. The van der Waals surface area contributed by atoms with Gasteiger partial charge in [-0.25, -0.2) is 4.68 Å². The van der Waals surface area contributed by atoms with E-state index in [9.17, 15) is 18.0 Å². The van der Waals surface area contributed by atoms with E-state index in [1.54, 1.807) is 21.5 Å². The standard InChI is InChI=1S/C19H17F3N6O2/c20-19(21,22)16-8-11(3-4-23-16)13-9-15-12(2-1-5-27(15)25-13)24-18(29)14-10-17-28(26-14)6-7-30-17/h3-4,8-10,12H,1-2,5-7H2,(H,24,29). The first-order chi connectivity index (χ1) is 14.4. The number of halogens is 3. The van der Waals surface area contributed by atoms with E-state index in [1.165, 1.54) is 6.07 Å². The monoisotopic (exact) mass is 418 g/mol. The lowest BCUT2D eigenvalue weighted by molar-refractivity contribution is -0.141. The molecule has 1 N–H and O–H groups in total. The van der Waals surface area contributed by atoms with Gasteiger partial charge in [0.25, 0.3) is 5.91 Å². The zero-order chi connectivity index (χ0) is 20.9. The molecule has 0 aliphatic carbocycles. The maximum absolute atomic E-state index is 13.0. The summed E-state index contributed by atoms with van der Waals surface area (Å²) in [6.07, 6.45) is -1.92. The summed E-state index contributed by atoms with van der Waals surface area (Å²) in [5.74, 6) is 0.235. The Balaban J connectivity index is 1.40. The average Bonchev–Trinajstić information content (AvgIpc) is 3.42. The first-order valence-electron chi connectivity index (χ1n) is 9.51. The van der Waals surface area contributed by atoms with Crippen LogP contribution < -0.4 is 10.1 Å². The van der Waals surface area contributed by atoms with Crippen molar-refractivity contribution in [2.45, 2.75) is 38.1 Å². The van der Waals surface area contributed by atoms with Gasteiger partial charge in [-0.05, 0) is 31.0 Å². The van der Waals surface area contributed by atoms with E-state index in [0.29, 0.717) is 43.3 Å². The SMILES string of the molecule is O=C(NC1CCCn2nc(-c3ccnc(C(F)(F)F)c3)cc21)c1cc2n(n1)CCO2. The highest BCUT2D eigenvalue weighted by Gasteiger charge is 2.33. The summed E-state index contributed by atoms with van der Waals surface area (Å²) in [7, 11) is 0. The molecule has 2 aliphatic rings. The van der Waals surface area contributed by atoms with Crippen LogP contribution in [0.15, 0.2) is 30.5 Å². The van der Waals surface area contributed by atoms with E-state index in [1.807, 2.05) is 0 Å². The summed E-state index contributed by atoms with van der Waals surface area (Å²) in [5, 5.41) is 11.6.